The number of esters is 1. The molecule has 2 saturated heterocycles. The average molecular weight is 691 g/mol. The largest absolute Gasteiger partial charge is 0.426 e. The highest BCUT2D eigenvalue weighted by molar-refractivity contribution is 6.67. The first-order valence-electron chi connectivity index (χ1n) is 13.0. The molecule has 0 spiro atoms. The lowest BCUT2D eigenvalue weighted by atomic mass is 9.84. The van der Waals surface area contributed by atoms with E-state index in [1.165, 1.54) is 18.2 Å². The Morgan fingerprint density at radius 3 is 2.00 bits per heavy atom. The van der Waals surface area contributed by atoms with Crippen molar-refractivity contribution in [1.82, 2.24) is 0 Å². The number of aryl methyl sites for hydroxylation is 3. The maximum Gasteiger partial charge on any atom is 0.316 e. The Balaban J connectivity index is 1.22. The van der Waals surface area contributed by atoms with Crippen LogP contribution in [0.2, 0.25) is 0 Å². The Kier molecular flexibility index (Phi) is 6.97. The number of hydrogen-bond acceptors (Lipinski definition) is 5. The summed E-state index contributed by atoms with van der Waals surface area (Å²) in [5, 5.41) is -0.342. The van der Waals surface area contributed by atoms with E-state index in [0.29, 0.717) is 5.56 Å². The van der Waals surface area contributed by atoms with Gasteiger partial charge in [-0.2, -0.15) is 0 Å². The number of allylic oxidation sites excluding steroid dienone is 2. The fraction of sp³-hybridized carbons (Fsp3) is 0.379. The van der Waals surface area contributed by atoms with Crippen LogP contribution in [0.4, 0.5) is 11.4 Å². The first-order valence-corrected chi connectivity index (χ1v) is 15.2. The minimum Gasteiger partial charge on any atom is -0.426 e. The summed E-state index contributed by atoms with van der Waals surface area (Å²) in [5.74, 6) is -5.08. The number of alkyl halides is 4. The van der Waals surface area contributed by atoms with Gasteiger partial charge in [0.1, 0.15) is 15.5 Å². The summed E-state index contributed by atoms with van der Waals surface area (Å²) in [6.45, 7) is 5.69. The van der Waals surface area contributed by atoms with Crippen molar-refractivity contribution in [3.05, 3.63) is 63.2 Å². The molecule has 7 nitrogen and oxygen atoms in total. The molecule has 3 amide bonds. The summed E-state index contributed by atoms with van der Waals surface area (Å²) >= 11 is 39.4. The van der Waals surface area contributed by atoms with Crippen molar-refractivity contribution in [2.45, 2.75) is 41.3 Å². The normalized spacial score (nSPS) is 31.5. The Morgan fingerprint density at radius 1 is 0.833 bits per heavy atom. The molecule has 2 aliphatic heterocycles. The van der Waals surface area contributed by atoms with Crippen molar-refractivity contribution in [3.8, 4) is 5.75 Å². The zero-order valence-corrected chi connectivity index (χ0v) is 26.8. The molecule has 2 aromatic rings. The van der Waals surface area contributed by atoms with Crippen LogP contribution in [0.5, 0.6) is 5.75 Å². The van der Waals surface area contributed by atoms with Gasteiger partial charge in [0.2, 0.25) is 17.7 Å². The standard InChI is InChI=1S/C29H22Cl6N2O5/c1-12-4-5-13(2)18(8-12)36-11-15(10-19(36)38)26(41)42-16-6-7-17(14(3)9-16)37-24(39)20-21(25(37)40)28(33)23(31)22(30)27(20,32)29(28,34)35/h4-9,15,20-21H,10-11H2,1-3H3/t15-,20-,21+,27-,28-/m1/s1. The van der Waals surface area contributed by atoms with Crippen LogP contribution in [0.25, 0.3) is 0 Å². The monoisotopic (exact) mass is 688 g/mol. The third kappa shape index (κ3) is 3.74. The molecule has 2 heterocycles. The van der Waals surface area contributed by atoms with Crippen LogP contribution in [-0.4, -0.2) is 44.3 Å². The lowest BCUT2D eigenvalue weighted by molar-refractivity contribution is -0.139. The number of anilines is 2. The molecule has 0 aromatic heterocycles. The number of benzene rings is 2. The van der Waals surface area contributed by atoms with Crippen molar-refractivity contribution >= 4 is 105 Å². The molecule has 5 atom stereocenters. The zero-order chi connectivity index (χ0) is 30.7. The van der Waals surface area contributed by atoms with E-state index in [-0.39, 0.29) is 40.4 Å². The van der Waals surface area contributed by atoms with Gasteiger partial charge in [-0.3, -0.25) is 19.2 Å². The molecule has 2 bridgehead atoms. The lowest BCUT2D eigenvalue weighted by Gasteiger charge is -2.34. The molecule has 0 unspecified atom stereocenters. The van der Waals surface area contributed by atoms with E-state index in [9.17, 15) is 19.2 Å². The zero-order valence-electron chi connectivity index (χ0n) is 22.3. The SMILES string of the molecule is Cc1ccc(C)c(N2C[C@H](C(=O)Oc3ccc(N4C(=O)[C@@H]5[C@H](C4=O)[C@@]4(Cl)C(Cl)=C(Cl)[C@@]5(Cl)C4(Cl)Cl)c(C)c3)CC2=O)c1. The first-order chi connectivity index (χ1) is 19.6. The fourth-order valence-electron chi connectivity index (χ4n) is 6.48. The molecule has 6 rings (SSSR count). The Morgan fingerprint density at radius 2 is 1.43 bits per heavy atom. The van der Waals surface area contributed by atoms with E-state index < -0.39 is 49.6 Å². The predicted octanol–water partition coefficient (Wildman–Crippen LogP) is 6.52. The van der Waals surface area contributed by atoms with Crippen LogP contribution in [0.3, 0.4) is 0 Å². The van der Waals surface area contributed by atoms with E-state index in [1.54, 1.807) is 11.8 Å². The van der Waals surface area contributed by atoms with Gasteiger partial charge in [-0.15, -0.1) is 23.2 Å². The molecule has 13 heteroatoms. The number of halogens is 6. The van der Waals surface area contributed by atoms with Gasteiger partial charge in [0.05, 0.1) is 33.5 Å². The molecular weight excluding hydrogens is 669 g/mol. The number of rotatable bonds is 4. The molecule has 4 aliphatic rings. The summed E-state index contributed by atoms with van der Waals surface area (Å²) in [4.78, 5) is 51.9. The van der Waals surface area contributed by atoms with Gasteiger partial charge >= 0.3 is 5.97 Å². The number of amides is 3. The summed E-state index contributed by atoms with van der Waals surface area (Å²) in [6.07, 6.45) is 0.0188. The van der Waals surface area contributed by atoms with E-state index >= 15 is 0 Å². The fourth-order valence-corrected chi connectivity index (χ4v) is 9.41. The van der Waals surface area contributed by atoms with Gasteiger partial charge in [-0.05, 0) is 61.7 Å². The second-order valence-corrected chi connectivity index (χ2v) is 14.4. The highest BCUT2D eigenvalue weighted by Gasteiger charge is 2.87. The van der Waals surface area contributed by atoms with Gasteiger partial charge < -0.3 is 9.64 Å². The number of nitrogens with zero attached hydrogens (tertiary/aromatic N) is 2. The minimum atomic E-state index is -2.02. The number of ether oxygens (including phenoxy) is 1. The number of carbonyl (C=O) groups excluding carboxylic acids is 4. The number of fused-ring (bicyclic) bond motifs is 5. The van der Waals surface area contributed by atoms with Crippen molar-refractivity contribution in [2.75, 3.05) is 16.3 Å². The number of imide groups is 1. The second kappa shape index (κ2) is 9.75. The molecule has 2 aromatic carbocycles. The number of carbonyl (C=O) groups is 4. The quantitative estimate of drug-likeness (QED) is 0.158. The lowest BCUT2D eigenvalue weighted by Crippen LogP contribution is -2.50. The smallest absolute Gasteiger partial charge is 0.316 e. The highest BCUT2D eigenvalue weighted by Crippen LogP contribution is 2.77. The van der Waals surface area contributed by atoms with Crippen molar-refractivity contribution in [3.63, 3.8) is 0 Å². The molecule has 220 valence electrons. The van der Waals surface area contributed by atoms with Crippen molar-refractivity contribution < 1.29 is 23.9 Å². The molecular formula is C29H22Cl6N2O5. The Bertz CT molecular complexity index is 1610. The Labute approximate surface area is 271 Å². The second-order valence-electron chi connectivity index (χ2n) is 11.2. The maximum atomic E-state index is 13.7. The topological polar surface area (TPSA) is 84.0 Å². The van der Waals surface area contributed by atoms with E-state index in [0.717, 1.165) is 21.7 Å². The first kappa shape index (κ1) is 30.0. The Hall–Kier alpha value is -2.00. The average Bonchev–Trinajstić information content (AvgIpc) is 3.51. The van der Waals surface area contributed by atoms with Gasteiger partial charge in [0, 0.05) is 18.7 Å². The van der Waals surface area contributed by atoms with Gasteiger partial charge in [0.15, 0.2) is 4.33 Å². The molecule has 3 fully saturated rings. The van der Waals surface area contributed by atoms with E-state index in [4.69, 9.17) is 74.3 Å². The molecule has 2 aliphatic carbocycles. The molecule has 0 N–H and O–H groups in total. The highest BCUT2D eigenvalue weighted by atomic mass is 35.5. The van der Waals surface area contributed by atoms with Crippen molar-refractivity contribution in [1.29, 1.82) is 0 Å². The van der Waals surface area contributed by atoms with Crippen LogP contribution in [0, 0.1) is 38.5 Å². The maximum absolute atomic E-state index is 13.7. The number of hydrogen-bond donors (Lipinski definition) is 0. The molecule has 42 heavy (non-hydrogen) atoms. The van der Waals surface area contributed by atoms with E-state index in [1.807, 2.05) is 32.0 Å². The van der Waals surface area contributed by atoms with Crippen molar-refractivity contribution in [2.24, 2.45) is 17.8 Å². The third-order valence-electron chi connectivity index (χ3n) is 8.65. The van der Waals surface area contributed by atoms with Crippen LogP contribution >= 0.6 is 69.6 Å². The molecule has 1 saturated carbocycles. The summed E-state index contributed by atoms with van der Waals surface area (Å²) < 4.78 is 3.60. The van der Waals surface area contributed by atoms with Gasteiger partial charge in [0.25, 0.3) is 0 Å². The van der Waals surface area contributed by atoms with Gasteiger partial charge in [-0.1, -0.05) is 58.5 Å². The van der Waals surface area contributed by atoms with Crippen LogP contribution in [0.15, 0.2) is 46.5 Å². The summed E-state index contributed by atoms with van der Waals surface area (Å²) in [6, 6.07) is 10.3. The molecule has 0 radical (unpaired) electrons. The van der Waals surface area contributed by atoms with Crippen LogP contribution in [0.1, 0.15) is 23.1 Å². The summed E-state index contributed by atoms with van der Waals surface area (Å²) in [7, 11) is 0. The summed E-state index contributed by atoms with van der Waals surface area (Å²) in [5.41, 5.74) is 3.39. The minimum absolute atomic E-state index is 0.0188. The van der Waals surface area contributed by atoms with Crippen LogP contribution < -0.4 is 14.5 Å². The van der Waals surface area contributed by atoms with E-state index in [2.05, 4.69) is 0 Å². The third-order valence-corrected chi connectivity index (χ3v) is 12.9. The van der Waals surface area contributed by atoms with Gasteiger partial charge in [-0.25, -0.2) is 4.90 Å². The predicted molar refractivity (Wildman–Crippen MR) is 163 cm³/mol. The van der Waals surface area contributed by atoms with Crippen LogP contribution in [-0.2, 0) is 19.2 Å².